The largest absolute Gasteiger partial charge is 0.418 e. The van der Waals surface area contributed by atoms with Crippen LogP contribution in [-0.4, -0.2) is 9.55 Å². The summed E-state index contributed by atoms with van der Waals surface area (Å²) >= 11 is 5.84. The highest BCUT2D eigenvalue weighted by atomic mass is 35.5. The Morgan fingerprint density at radius 3 is 2.61 bits per heavy atom. The Kier molecular flexibility index (Phi) is 3.32. The van der Waals surface area contributed by atoms with Gasteiger partial charge in [-0.1, -0.05) is 17.7 Å². The summed E-state index contributed by atoms with van der Waals surface area (Å²) in [7, 11) is 0. The predicted octanol–water partition coefficient (Wildman–Crippen LogP) is 3.00. The summed E-state index contributed by atoms with van der Waals surface area (Å²) in [6, 6.07) is 3.63. The Hall–Kier alpha value is -1.53. The van der Waals surface area contributed by atoms with Gasteiger partial charge in [-0.3, -0.25) is 0 Å². The Bertz CT molecular complexity index is 563. The van der Waals surface area contributed by atoms with Gasteiger partial charge in [0.25, 0.3) is 0 Å². The molecule has 0 saturated heterocycles. The van der Waals surface area contributed by atoms with Crippen LogP contribution >= 0.6 is 11.6 Å². The van der Waals surface area contributed by atoms with Crippen molar-refractivity contribution in [3.05, 3.63) is 47.0 Å². The van der Waals surface area contributed by atoms with Gasteiger partial charge in [0, 0.05) is 12.7 Å². The third kappa shape index (κ3) is 2.34. The number of alkyl halides is 3. The fourth-order valence-corrected chi connectivity index (χ4v) is 1.87. The van der Waals surface area contributed by atoms with Crippen LogP contribution in [0.15, 0.2) is 30.7 Å². The van der Waals surface area contributed by atoms with E-state index in [2.05, 4.69) is 4.98 Å². The first-order chi connectivity index (χ1) is 8.43. The Morgan fingerprint density at radius 1 is 1.33 bits per heavy atom. The van der Waals surface area contributed by atoms with Crippen LogP contribution in [0.3, 0.4) is 0 Å². The lowest BCUT2D eigenvalue weighted by atomic mass is 10.1. The molecule has 0 bridgehead atoms. The van der Waals surface area contributed by atoms with Crippen LogP contribution in [0.4, 0.5) is 13.2 Å². The van der Waals surface area contributed by atoms with Gasteiger partial charge in [-0.2, -0.15) is 13.2 Å². The second-order valence-corrected chi connectivity index (χ2v) is 4.02. The first-order valence-electron chi connectivity index (χ1n) is 5.02. The number of benzene rings is 1. The van der Waals surface area contributed by atoms with E-state index in [-0.39, 0.29) is 17.3 Å². The van der Waals surface area contributed by atoms with Crippen molar-refractivity contribution in [2.75, 3.05) is 0 Å². The predicted molar refractivity (Wildman–Crippen MR) is 61.5 cm³/mol. The molecule has 7 heteroatoms. The van der Waals surface area contributed by atoms with E-state index in [4.69, 9.17) is 17.3 Å². The van der Waals surface area contributed by atoms with E-state index in [1.807, 2.05) is 0 Å². The van der Waals surface area contributed by atoms with Crippen molar-refractivity contribution in [2.45, 2.75) is 12.7 Å². The number of rotatable bonds is 2. The molecule has 0 aliphatic rings. The smallest absolute Gasteiger partial charge is 0.325 e. The molecule has 0 radical (unpaired) electrons. The molecule has 2 rings (SSSR count). The lowest BCUT2D eigenvalue weighted by Gasteiger charge is -2.14. The van der Waals surface area contributed by atoms with Gasteiger partial charge < -0.3 is 10.3 Å². The molecule has 2 aromatic rings. The summed E-state index contributed by atoms with van der Waals surface area (Å²) in [5.74, 6) is 0. The van der Waals surface area contributed by atoms with Crippen LogP contribution in [0.2, 0.25) is 5.02 Å². The average molecular weight is 276 g/mol. The van der Waals surface area contributed by atoms with E-state index in [0.29, 0.717) is 5.69 Å². The summed E-state index contributed by atoms with van der Waals surface area (Å²) in [4.78, 5) is 3.89. The van der Waals surface area contributed by atoms with Crippen LogP contribution in [0.5, 0.6) is 0 Å². The number of hydrogen-bond donors (Lipinski definition) is 1. The molecule has 2 N–H and O–H groups in total. The maximum Gasteiger partial charge on any atom is 0.418 e. The van der Waals surface area contributed by atoms with E-state index in [1.54, 1.807) is 0 Å². The third-order valence-electron chi connectivity index (χ3n) is 2.40. The molecule has 1 aromatic heterocycles. The quantitative estimate of drug-likeness (QED) is 0.916. The number of para-hydroxylation sites is 1. The summed E-state index contributed by atoms with van der Waals surface area (Å²) in [5, 5.41) is 0.00537. The number of nitrogens with two attached hydrogens (primary N) is 1. The van der Waals surface area contributed by atoms with Crippen molar-refractivity contribution in [1.82, 2.24) is 9.55 Å². The molecule has 0 spiro atoms. The Labute approximate surface area is 106 Å². The zero-order valence-corrected chi connectivity index (χ0v) is 9.83. The number of aromatic nitrogens is 2. The second-order valence-electron chi connectivity index (χ2n) is 3.61. The van der Waals surface area contributed by atoms with Gasteiger partial charge in [-0.25, -0.2) is 4.98 Å². The zero-order valence-electron chi connectivity index (χ0n) is 9.08. The first-order valence-corrected chi connectivity index (χ1v) is 5.40. The summed E-state index contributed by atoms with van der Waals surface area (Å²) < 4.78 is 39.9. The fourth-order valence-electron chi connectivity index (χ4n) is 1.60. The van der Waals surface area contributed by atoms with Crippen molar-refractivity contribution in [2.24, 2.45) is 5.73 Å². The van der Waals surface area contributed by atoms with E-state index < -0.39 is 11.7 Å². The lowest BCUT2D eigenvalue weighted by Crippen LogP contribution is -2.10. The molecule has 1 aromatic carbocycles. The monoisotopic (exact) mass is 275 g/mol. The molecule has 0 fully saturated rings. The van der Waals surface area contributed by atoms with E-state index in [0.717, 1.165) is 6.07 Å². The van der Waals surface area contributed by atoms with Crippen molar-refractivity contribution in [3.63, 3.8) is 0 Å². The van der Waals surface area contributed by atoms with Gasteiger partial charge in [0.1, 0.15) is 0 Å². The molecule has 0 saturated carbocycles. The van der Waals surface area contributed by atoms with Crippen molar-refractivity contribution >= 4 is 11.6 Å². The van der Waals surface area contributed by atoms with E-state index in [1.165, 1.54) is 29.2 Å². The second kappa shape index (κ2) is 4.62. The average Bonchev–Trinajstić information content (AvgIpc) is 2.75. The van der Waals surface area contributed by atoms with E-state index >= 15 is 0 Å². The van der Waals surface area contributed by atoms with Gasteiger partial charge in [-0.05, 0) is 12.1 Å². The van der Waals surface area contributed by atoms with E-state index in [9.17, 15) is 13.2 Å². The van der Waals surface area contributed by atoms with Gasteiger partial charge in [0.2, 0.25) is 0 Å². The first kappa shape index (κ1) is 12.9. The highest BCUT2D eigenvalue weighted by Gasteiger charge is 2.34. The molecule has 0 amide bonds. The van der Waals surface area contributed by atoms with Crippen molar-refractivity contribution in [1.29, 1.82) is 0 Å². The highest BCUT2D eigenvalue weighted by molar-refractivity contribution is 6.32. The minimum Gasteiger partial charge on any atom is -0.325 e. The minimum atomic E-state index is -4.48. The van der Waals surface area contributed by atoms with Gasteiger partial charge in [-0.15, -0.1) is 0 Å². The maximum atomic E-state index is 12.9. The van der Waals surface area contributed by atoms with Crippen LogP contribution in [0, 0.1) is 0 Å². The highest BCUT2D eigenvalue weighted by Crippen LogP contribution is 2.37. The molecular weight excluding hydrogens is 267 g/mol. The zero-order chi connectivity index (χ0) is 13.3. The standard InChI is InChI=1S/C11H9ClF3N3/c12-9-3-1-2-8(11(13,14)15)10(9)18-5-7(4-16)17-6-18/h1-3,5-6H,4,16H2. The Balaban J connectivity index is 2.62. The van der Waals surface area contributed by atoms with Crippen LogP contribution in [-0.2, 0) is 12.7 Å². The molecule has 1 heterocycles. The molecule has 96 valence electrons. The van der Waals surface area contributed by atoms with Gasteiger partial charge in [0.15, 0.2) is 0 Å². The maximum absolute atomic E-state index is 12.9. The third-order valence-corrected chi connectivity index (χ3v) is 2.70. The summed E-state index contributed by atoms with van der Waals surface area (Å²) in [5.41, 5.74) is 4.91. The summed E-state index contributed by atoms with van der Waals surface area (Å²) in [6.07, 6.45) is -1.79. The number of halogens is 4. The van der Waals surface area contributed by atoms with Crippen LogP contribution in [0.1, 0.15) is 11.3 Å². The summed E-state index contributed by atoms with van der Waals surface area (Å²) in [6.45, 7) is 0.152. The van der Waals surface area contributed by atoms with Gasteiger partial charge in [0.05, 0.1) is 28.3 Å². The lowest BCUT2D eigenvalue weighted by molar-refractivity contribution is -0.137. The molecule has 0 unspecified atom stereocenters. The normalized spacial score (nSPS) is 11.8. The van der Waals surface area contributed by atoms with Crippen LogP contribution in [0.25, 0.3) is 5.69 Å². The van der Waals surface area contributed by atoms with Crippen LogP contribution < -0.4 is 5.73 Å². The molecule has 0 aliphatic heterocycles. The number of hydrogen-bond acceptors (Lipinski definition) is 2. The number of nitrogens with zero attached hydrogens (tertiary/aromatic N) is 2. The molecule has 0 atom stereocenters. The minimum absolute atomic E-state index is 0.00537. The SMILES string of the molecule is NCc1cn(-c2c(Cl)cccc2C(F)(F)F)cn1. The molecule has 3 nitrogen and oxygen atoms in total. The number of imidazole rings is 1. The Morgan fingerprint density at radius 2 is 2.06 bits per heavy atom. The van der Waals surface area contributed by atoms with Crippen molar-refractivity contribution < 1.29 is 13.2 Å². The molecule has 0 aliphatic carbocycles. The topological polar surface area (TPSA) is 43.8 Å². The fraction of sp³-hybridized carbons (Fsp3) is 0.182. The van der Waals surface area contributed by atoms with Crippen molar-refractivity contribution in [3.8, 4) is 5.69 Å². The molecular formula is C11H9ClF3N3. The van der Waals surface area contributed by atoms with Gasteiger partial charge >= 0.3 is 6.18 Å². The molecule has 18 heavy (non-hydrogen) atoms.